The third-order valence-electron chi connectivity index (χ3n) is 2.97. The zero-order valence-electron chi connectivity index (χ0n) is 9.48. The zero-order valence-corrected chi connectivity index (χ0v) is 11.1. The van der Waals surface area contributed by atoms with Crippen LogP contribution in [0.1, 0.15) is 19.8 Å². The molecule has 0 amide bonds. The Morgan fingerprint density at radius 2 is 2.06 bits per heavy atom. The van der Waals surface area contributed by atoms with Gasteiger partial charge in [0.25, 0.3) is 0 Å². The second-order valence-corrected chi connectivity index (χ2v) is 6.70. The Kier molecular flexibility index (Phi) is 3.34. The first kappa shape index (κ1) is 12.7. The molecule has 0 atom stereocenters. The summed E-state index contributed by atoms with van der Waals surface area (Å²) in [5.74, 6) is 0.595. The summed E-state index contributed by atoms with van der Waals surface area (Å²) in [4.78, 5) is 0.166. The van der Waals surface area contributed by atoms with Crippen molar-refractivity contribution in [2.45, 2.75) is 30.7 Å². The van der Waals surface area contributed by atoms with Crippen LogP contribution in [0.3, 0.4) is 0 Å². The highest BCUT2D eigenvalue weighted by Crippen LogP contribution is 2.28. The molecule has 3 N–H and O–H groups in total. The van der Waals surface area contributed by atoms with E-state index in [-0.39, 0.29) is 16.6 Å². The Morgan fingerprint density at radius 3 is 2.59 bits per heavy atom. The SMILES string of the molecule is CC1CC(NS(=O)(=O)c2ccc(Cl)c(N)c2)C1. The molecule has 94 valence electrons. The summed E-state index contributed by atoms with van der Waals surface area (Å²) < 4.78 is 26.7. The van der Waals surface area contributed by atoms with Crippen LogP contribution in [0.15, 0.2) is 23.1 Å². The van der Waals surface area contributed by atoms with Gasteiger partial charge in [0.2, 0.25) is 10.0 Å². The second kappa shape index (κ2) is 4.48. The van der Waals surface area contributed by atoms with E-state index in [4.69, 9.17) is 17.3 Å². The van der Waals surface area contributed by atoms with Crippen molar-refractivity contribution in [1.29, 1.82) is 0 Å². The van der Waals surface area contributed by atoms with Crippen LogP contribution in [0.2, 0.25) is 5.02 Å². The summed E-state index contributed by atoms with van der Waals surface area (Å²) in [5.41, 5.74) is 5.87. The Balaban J connectivity index is 2.17. The highest BCUT2D eigenvalue weighted by atomic mass is 35.5. The van der Waals surface area contributed by atoms with E-state index in [9.17, 15) is 8.42 Å². The fraction of sp³-hybridized carbons (Fsp3) is 0.455. The molecule has 0 spiro atoms. The molecule has 1 aliphatic carbocycles. The van der Waals surface area contributed by atoms with E-state index in [1.165, 1.54) is 18.2 Å². The number of hydrogen-bond donors (Lipinski definition) is 2. The molecule has 0 heterocycles. The van der Waals surface area contributed by atoms with Crippen molar-refractivity contribution in [3.63, 3.8) is 0 Å². The predicted molar refractivity (Wildman–Crippen MR) is 68.4 cm³/mol. The van der Waals surface area contributed by atoms with Gasteiger partial charge in [-0.15, -0.1) is 0 Å². The van der Waals surface area contributed by atoms with Gasteiger partial charge in [-0.3, -0.25) is 0 Å². The predicted octanol–water partition coefficient (Wildman–Crippen LogP) is 2.00. The molecule has 0 aromatic heterocycles. The zero-order chi connectivity index (χ0) is 12.6. The van der Waals surface area contributed by atoms with Crippen molar-refractivity contribution in [3.8, 4) is 0 Å². The van der Waals surface area contributed by atoms with Crippen molar-refractivity contribution < 1.29 is 8.42 Å². The molecule has 0 unspecified atom stereocenters. The summed E-state index contributed by atoms with van der Waals surface area (Å²) in [7, 11) is -3.47. The largest absolute Gasteiger partial charge is 0.397 e. The van der Waals surface area contributed by atoms with Crippen molar-refractivity contribution >= 4 is 27.3 Å². The van der Waals surface area contributed by atoms with Gasteiger partial charge in [0.1, 0.15) is 0 Å². The lowest BCUT2D eigenvalue weighted by atomic mass is 9.83. The Morgan fingerprint density at radius 1 is 1.41 bits per heavy atom. The smallest absolute Gasteiger partial charge is 0.240 e. The van der Waals surface area contributed by atoms with E-state index in [1.807, 2.05) is 0 Å². The highest BCUT2D eigenvalue weighted by Gasteiger charge is 2.29. The van der Waals surface area contributed by atoms with Crippen LogP contribution in [0.4, 0.5) is 5.69 Å². The fourth-order valence-electron chi connectivity index (χ4n) is 1.98. The third kappa shape index (κ3) is 2.73. The molecule has 0 radical (unpaired) electrons. The Bertz CT molecular complexity index is 524. The number of nitrogen functional groups attached to an aromatic ring is 1. The first-order valence-corrected chi connectivity index (χ1v) is 7.32. The maximum Gasteiger partial charge on any atom is 0.240 e. The van der Waals surface area contributed by atoms with Crippen LogP contribution in [0.5, 0.6) is 0 Å². The lowest BCUT2D eigenvalue weighted by Crippen LogP contribution is -2.43. The molecular formula is C11H15ClN2O2S. The van der Waals surface area contributed by atoms with Crippen LogP contribution in [-0.4, -0.2) is 14.5 Å². The van der Waals surface area contributed by atoms with Crippen LogP contribution >= 0.6 is 11.6 Å². The minimum atomic E-state index is -3.47. The molecule has 0 bridgehead atoms. The van der Waals surface area contributed by atoms with E-state index in [0.29, 0.717) is 10.9 Å². The van der Waals surface area contributed by atoms with Gasteiger partial charge in [0.15, 0.2) is 0 Å². The van der Waals surface area contributed by atoms with Crippen molar-refractivity contribution in [2.75, 3.05) is 5.73 Å². The molecule has 2 rings (SSSR count). The number of hydrogen-bond acceptors (Lipinski definition) is 3. The lowest BCUT2D eigenvalue weighted by molar-refractivity contribution is 0.270. The fourth-order valence-corrected chi connectivity index (χ4v) is 3.39. The van der Waals surface area contributed by atoms with Crippen LogP contribution in [0, 0.1) is 5.92 Å². The first-order valence-electron chi connectivity index (χ1n) is 5.46. The average molecular weight is 275 g/mol. The molecule has 1 aromatic rings. The maximum absolute atomic E-state index is 12.0. The van der Waals surface area contributed by atoms with E-state index in [2.05, 4.69) is 11.6 Å². The molecule has 1 fully saturated rings. The lowest BCUT2D eigenvalue weighted by Gasteiger charge is -2.32. The molecule has 1 aromatic carbocycles. The summed E-state index contributed by atoms with van der Waals surface area (Å²) in [6.45, 7) is 2.10. The minimum Gasteiger partial charge on any atom is -0.397 e. The minimum absolute atomic E-state index is 0.0481. The topological polar surface area (TPSA) is 72.2 Å². The van der Waals surface area contributed by atoms with E-state index < -0.39 is 10.0 Å². The van der Waals surface area contributed by atoms with Gasteiger partial charge in [0.05, 0.1) is 15.6 Å². The van der Waals surface area contributed by atoms with Gasteiger partial charge in [-0.1, -0.05) is 18.5 Å². The van der Waals surface area contributed by atoms with Crippen LogP contribution in [0.25, 0.3) is 0 Å². The molecule has 1 aliphatic rings. The van der Waals surface area contributed by atoms with Crippen molar-refractivity contribution in [3.05, 3.63) is 23.2 Å². The number of anilines is 1. The number of halogens is 1. The Labute approximate surface area is 106 Å². The molecule has 0 aliphatic heterocycles. The quantitative estimate of drug-likeness (QED) is 0.828. The number of rotatable bonds is 3. The van der Waals surface area contributed by atoms with Gasteiger partial charge in [-0.25, -0.2) is 13.1 Å². The van der Waals surface area contributed by atoms with Crippen LogP contribution in [-0.2, 0) is 10.0 Å². The molecule has 17 heavy (non-hydrogen) atoms. The summed E-state index contributed by atoms with van der Waals surface area (Å²) in [6, 6.07) is 4.39. The van der Waals surface area contributed by atoms with E-state index >= 15 is 0 Å². The monoisotopic (exact) mass is 274 g/mol. The van der Waals surface area contributed by atoms with Gasteiger partial charge >= 0.3 is 0 Å². The number of nitrogens with two attached hydrogens (primary N) is 1. The molecule has 4 nitrogen and oxygen atoms in total. The Hall–Kier alpha value is -0.780. The second-order valence-electron chi connectivity index (χ2n) is 4.58. The number of sulfonamides is 1. The van der Waals surface area contributed by atoms with Gasteiger partial charge in [0, 0.05) is 6.04 Å². The number of benzene rings is 1. The first-order chi connectivity index (χ1) is 7.88. The van der Waals surface area contributed by atoms with Crippen molar-refractivity contribution in [1.82, 2.24) is 4.72 Å². The standard InChI is InChI=1S/C11H15ClN2O2S/c1-7-4-8(5-7)14-17(15,16)9-2-3-10(12)11(13)6-9/h2-3,6-8,14H,4-5,13H2,1H3. The summed E-state index contributed by atoms with van der Waals surface area (Å²) in [5, 5.41) is 0.362. The molecule has 1 saturated carbocycles. The molecule has 6 heteroatoms. The van der Waals surface area contributed by atoms with Crippen LogP contribution < -0.4 is 10.5 Å². The molecular weight excluding hydrogens is 260 g/mol. The van der Waals surface area contributed by atoms with E-state index in [1.54, 1.807) is 0 Å². The summed E-state index contributed by atoms with van der Waals surface area (Å²) in [6.07, 6.45) is 1.78. The molecule has 0 saturated heterocycles. The normalized spacial score (nSPS) is 24.4. The average Bonchev–Trinajstić information content (AvgIpc) is 2.19. The highest BCUT2D eigenvalue weighted by molar-refractivity contribution is 7.89. The van der Waals surface area contributed by atoms with Gasteiger partial charge in [-0.05, 0) is 37.0 Å². The van der Waals surface area contributed by atoms with Crippen molar-refractivity contribution in [2.24, 2.45) is 5.92 Å². The van der Waals surface area contributed by atoms with E-state index in [0.717, 1.165) is 12.8 Å². The van der Waals surface area contributed by atoms with Gasteiger partial charge in [-0.2, -0.15) is 0 Å². The summed E-state index contributed by atoms with van der Waals surface area (Å²) >= 11 is 5.75. The maximum atomic E-state index is 12.0. The van der Waals surface area contributed by atoms with Gasteiger partial charge < -0.3 is 5.73 Å². The third-order valence-corrected chi connectivity index (χ3v) is 4.84. The number of nitrogens with one attached hydrogen (secondary N) is 1.